The van der Waals surface area contributed by atoms with Gasteiger partial charge in [0.2, 0.25) is 3.79 Å². The highest BCUT2D eigenvalue weighted by Gasteiger charge is 2.34. The van der Waals surface area contributed by atoms with E-state index < -0.39 is 9.96 Å². The molecule has 2 N–H and O–H groups in total. The molecule has 1 amide bonds. The molecule has 0 bridgehead atoms. The molecule has 2 rings (SSSR count). The van der Waals surface area contributed by atoms with Gasteiger partial charge >= 0.3 is 0 Å². The molecule has 0 spiro atoms. The van der Waals surface area contributed by atoms with Crippen molar-refractivity contribution in [1.82, 2.24) is 10.6 Å². The highest BCUT2D eigenvalue weighted by molar-refractivity contribution is 6.68. The van der Waals surface area contributed by atoms with Gasteiger partial charge in [-0.15, -0.1) is 0 Å². The maximum atomic E-state index is 12.2. The summed E-state index contributed by atoms with van der Waals surface area (Å²) in [4.78, 5) is 12.2. The lowest BCUT2D eigenvalue weighted by Crippen LogP contribution is -2.54. The third-order valence-corrected chi connectivity index (χ3v) is 4.15. The molecule has 122 valence electrons. The van der Waals surface area contributed by atoms with Gasteiger partial charge in [-0.2, -0.15) is 0 Å². The number of benzene rings is 1. The minimum absolute atomic E-state index is 0.0675. The second kappa shape index (κ2) is 8.04. The molecule has 8 heteroatoms. The average Bonchev–Trinajstić information content (AvgIpc) is 2.95. The molecule has 0 aromatic heterocycles. The van der Waals surface area contributed by atoms with Crippen LogP contribution in [0.4, 0.5) is 0 Å². The van der Waals surface area contributed by atoms with Crippen LogP contribution in [0.2, 0.25) is 5.02 Å². The maximum absolute atomic E-state index is 12.2. The predicted octanol–water partition coefficient (Wildman–Crippen LogP) is 3.53. The molecule has 4 nitrogen and oxygen atoms in total. The second-order valence-electron chi connectivity index (χ2n) is 5.00. The SMILES string of the molecule is O=C(N[C@H](NC[C@H]1CCCO1)C(Cl)(Cl)Cl)c1cccc(Cl)c1. The van der Waals surface area contributed by atoms with Gasteiger partial charge in [-0.25, -0.2) is 0 Å². The molecule has 0 radical (unpaired) electrons. The van der Waals surface area contributed by atoms with E-state index in [0.717, 1.165) is 19.4 Å². The number of ether oxygens (including phenoxy) is 1. The molecular formula is C14H16Cl4N2O2. The summed E-state index contributed by atoms with van der Waals surface area (Å²) in [5, 5.41) is 6.16. The van der Waals surface area contributed by atoms with Gasteiger partial charge in [0, 0.05) is 23.7 Å². The van der Waals surface area contributed by atoms with Crippen LogP contribution in [0.15, 0.2) is 24.3 Å². The third kappa shape index (κ3) is 5.44. The van der Waals surface area contributed by atoms with E-state index in [0.29, 0.717) is 17.1 Å². The van der Waals surface area contributed by atoms with Crippen molar-refractivity contribution in [2.75, 3.05) is 13.2 Å². The molecule has 1 heterocycles. The minimum atomic E-state index is -1.69. The third-order valence-electron chi connectivity index (χ3n) is 3.26. The van der Waals surface area contributed by atoms with E-state index in [-0.39, 0.29) is 12.0 Å². The zero-order valence-electron chi connectivity index (χ0n) is 11.6. The van der Waals surface area contributed by atoms with E-state index in [9.17, 15) is 4.79 Å². The molecule has 1 aliphatic heterocycles. The van der Waals surface area contributed by atoms with Gasteiger partial charge in [0.1, 0.15) is 6.17 Å². The number of alkyl halides is 3. The van der Waals surface area contributed by atoms with Crippen molar-refractivity contribution >= 4 is 52.3 Å². The number of hydrogen-bond donors (Lipinski definition) is 2. The van der Waals surface area contributed by atoms with Crippen LogP contribution in [0.5, 0.6) is 0 Å². The molecule has 22 heavy (non-hydrogen) atoms. The minimum Gasteiger partial charge on any atom is -0.377 e. The molecule has 0 unspecified atom stereocenters. The molecular weight excluding hydrogens is 370 g/mol. The van der Waals surface area contributed by atoms with Crippen molar-refractivity contribution in [1.29, 1.82) is 0 Å². The highest BCUT2D eigenvalue weighted by Crippen LogP contribution is 2.29. The quantitative estimate of drug-likeness (QED) is 0.602. The number of nitrogens with one attached hydrogen (secondary N) is 2. The normalized spacial score (nSPS) is 19.9. The smallest absolute Gasteiger partial charge is 0.252 e. The molecule has 1 fully saturated rings. The zero-order valence-corrected chi connectivity index (χ0v) is 14.6. The van der Waals surface area contributed by atoms with E-state index >= 15 is 0 Å². The van der Waals surface area contributed by atoms with Gasteiger partial charge in [0.15, 0.2) is 0 Å². The zero-order chi connectivity index (χ0) is 16.2. The van der Waals surface area contributed by atoms with Gasteiger partial charge in [0.25, 0.3) is 5.91 Å². The van der Waals surface area contributed by atoms with Crippen LogP contribution in [0.25, 0.3) is 0 Å². The summed E-state index contributed by atoms with van der Waals surface area (Å²) >= 11 is 23.7. The molecule has 2 atom stereocenters. The Labute approximate surface area is 149 Å². The Kier molecular flexibility index (Phi) is 6.62. The van der Waals surface area contributed by atoms with Crippen molar-refractivity contribution in [2.24, 2.45) is 0 Å². The Bertz CT molecular complexity index is 516. The van der Waals surface area contributed by atoms with Gasteiger partial charge in [-0.3, -0.25) is 10.1 Å². The molecule has 1 saturated heterocycles. The van der Waals surface area contributed by atoms with Gasteiger partial charge in [0.05, 0.1) is 6.10 Å². The van der Waals surface area contributed by atoms with Crippen LogP contribution in [0, 0.1) is 0 Å². The van der Waals surface area contributed by atoms with Gasteiger partial charge < -0.3 is 10.1 Å². The first-order valence-corrected chi connectivity index (χ1v) is 8.35. The maximum Gasteiger partial charge on any atom is 0.252 e. The lowest BCUT2D eigenvalue weighted by Gasteiger charge is -2.27. The summed E-state index contributed by atoms with van der Waals surface area (Å²) in [6.45, 7) is 1.23. The van der Waals surface area contributed by atoms with Crippen LogP contribution < -0.4 is 10.6 Å². The van der Waals surface area contributed by atoms with E-state index in [1.165, 1.54) is 0 Å². The second-order valence-corrected chi connectivity index (χ2v) is 7.81. The lowest BCUT2D eigenvalue weighted by molar-refractivity contribution is 0.0897. The van der Waals surface area contributed by atoms with Crippen molar-refractivity contribution in [3.63, 3.8) is 0 Å². The van der Waals surface area contributed by atoms with Crippen LogP contribution in [0.3, 0.4) is 0 Å². The summed E-state index contributed by atoms with van der Waals surface area (Å²) in [6.07, 6.45) is 1.19. The van der Waals surface area contributed by atoms with Gasteiger partial charge in [-0.05, 0) is 31.0 Å². The fraction of sp³-hybridized carbons (Fsp3) is 0.500. The Morgan fingerprint density at radius 2 is 2.18 bits per heavy atom. The number of hydrogen-bond acceptors (Lipinski definition) is 3. The molecule has 1 aliphatic rings. The first-order valence-electron chi connectivity index (χ1n) is 6.84. The van der Waals surface area contributed by atoms with E-state index in [4.69, 9.17) is 51.1 Å². The van der Waals surface area contributed by atoms with Crippen LogP contribution in [-0.4, -0.2) is 35.1 Å². The summed E-state index contributed by atoms with van der Waals surface area (Å²) < 4.78 is 3.81. The standard InChI is InChI=1S/C14H16Cl4N2O2/c15-10-4-1-3-9(7-10)12(21)20-13(14(16,17)18)19-8-11-5-2-6-22-11/h1,3-4,7,11,13,19H,2,5-6,8H2,(H,20,21)/t11-,13+/m1/s1. The first-order chi connectivity index (χ1) is 10.4. The van der Waals surface area contributed by atoms with Crippen molar-refractivity contribution in [3.05, 3.63) is 34.9 Å². The van der Waals surface area contributed by atoms with Crippen LogP contribution in [0.1, 0.15) is 23.2 Å². The summed E-state index contributed by atoms with van der Waals surface area (Å²) in [6, 6.07) is 6.55. The number of carbonyl (C=O) groups excluding carboxylic acids is 1. The monoisotopic (exact) mass is 384 g/mol. The van der Waals surface area contributed by atoms with E-state index in [1.807, 2.05) is 0 Å². The van der Waals surface area contributed by atoms with E-state index in [2.05, 4.69) is 10.6 Å². The molecule has 0 aliphatic carbocycles. The molecule has 1 aromatic carbocycles. The topological polar surface area (TPSA) is 50.4 Å². The van der Waals surface area contributed by atoms with Crippen molar-refractivity contribution < 1.29 is 9.53 Å². The van der Waals surface area contributed by atoms with E-state index in [1.54, 1.807) is 24.3 Å². The van der Waals surface area contributed by atoms with Crippen molar-refractivity contribution in [2.45, 2.75) is 28.9 Å². The number of halogens is 4. The van der Waals surface area contributed by atoms with Gasteiger partial charge in [-0.1, -0.05) is 52.5 Å². The Balaban J connectivity index is 1.98. The Morgan fingerprint density at radius 3 is 2.77 bits per heavy atom. The fourth-order valence-electron chi connectivity index (χ4n) is 2.15. The Morgan fingerprint density at radius 1 is 1.41 bits per heavy atom. The summed E-state index contributed by atoms with van der Waals surface area (Å²) in [7, 11) is 0. The summed E-state index contributed by atoms with van der Waals surface area (Å²) in [5.41, 5.74) is 0.394. The number of amides is 1. The van der Waals surface area contributed by atoms with Crippen molar-refractivity contribution in [3.8, 4) is 0 Å². The number of rotatable bonds is 5. The van der Waals surface area contributed by atoms with Crippen LogP contribution >= 0.6 is 46.4 Å². The number of carbonyl (C=O) groups is 1. The molecule has 1 aromatic rings. The summed E-state index contributed by atoms with van der Waals surface area (Å²) in [5.74, 6) is -0.376. The predicted molar refractivity (Wildman–Crippen MR) is 90.0 cm³/mol. The highest BCUT2D eigenvalue weighted by atomic mass is 35.6. The Hall–Kier alpha value is -0.230. The lowest BCUT2D eigenvalue weighted by atomic mass is 10.2. The molecule has 0 saturated carbocycles. The average molecular weight is 386 g/mol. The van der Waals surface area contributed by atoms with Crippen LogP contribution in [-0.2, 0) is 4.74 Å². The largest absolute Gasteiger partial charge is 0.377 e. The first kappa shape index (κ1) is 18.1. The fourth-order valence-corrected chi connectivity index (χ4v) is 2.73.